The van der Waals surface area contributed by atoms with Gasteiger partial charge >= 0.3 is 0 Å². The first-order chi connectivity index (χ1) is 8.24. The van der Waals surface area contributed by atoms with Gasteiger partial charge in [0.05, 0.1) is 12.6 Å². The zero-order chi connectivity index (χ0) is 12.3. The summed E-state index contributed by atoms with van der Waals surface area (Å²) in [5.41, 5.74) is 7.95. The minimum atomic E-state index is -0.557. The number of rotatable bonds is 3. The maximum Gasteiger partial charge on any atom is 0.128 e. The average molecular weight is 229 g/mol. The third-order valence-electron chi connectivity index (χ3n) is 2.75. The van der Waals surface area contributed by atoms with Crippen LogP contribution in [0.1, 0.15) is 11.6 Å². The van der Waals surface area contributed by atoms with Crippen molar-refractivity contribution in [2.75, 3.05) is 6.61 Å². The van der Waals surface area contributed by atoms with Crippen LogP contribution in [0.2, 0.25) is 0 Å². The smallest absolute Gasteiger partial charge is 0.128 e. The van der Waals surface area contributed by atoms with Gasteiger partial charge in [-0.25, -0.2) is 0 Å². The third kappa shape index (κ3) is 2.30. The van der Waals surface area contributed by atoms with E-state index in [1.807, 2.05) is 42.5 Å². The van der Waals surface area contributed by atoms with Crippen molar-refractivity contribution in [2.24, 2.45) is 5.73 Å². The SMILES string of the molecule is N[C@@H](CO)c1cccc(-c2ccccc2)c1O. The van der Waals surface area contributed by atoms with Gasteiger partial charge < -0.3 is 15.9 Å². The van der Waals surface area contributed by atoms with Gasteiger partial charge in [0.2, 0.25) is 0 Å². The van der Waals surface area contributed by atoms with E-state index in [9.17, 15) is 5.11 Å². The highest BCUT2D eigenvalue weighted by Gasteiger charge is 2.13. The molecule has 3 nitrogen and oxygen atoms in total. The highest BCUT2D eigenvalue weighted by Crippen LogP contribution is 2.34. The van der Waals surface area contributed by atoms with E-state index in [0.717, 1.165) is 11.1 Å². The summed E-state index contributed by atoms with van der Waals surface area (Å²) >= 11 is 0. The van der Waals surface area contributed by atoms with Crippen molar-refractivity contribution in [1.82, 2.24) is 0 Å². The molecule has 88 valence electrons. The van der Waals surface area contributed by atoms with Crippen LogP contribution in [-0.4, -0.2) is 16.8 Å². The molecule has 2 aromatic carbocycles. The minimum absolute atomic E-state index is 0.139. The Labute approximate surface area is 100 Å². The van der Waals surface area contributed by atoms with Crippen LogP contribution in [0.25, 0.3) is 11.1 Å². The topological polar surface area (TPSA) is 66.5 Å². The van der Waals surface area contributed by atoms with Crippen LogP contribution in [-0.2, 0) is 0 Å². The molecule has 0 fully saturated rings. The first-order valence-corrected chi connectivity index (χ1v) is 5.47. The minimum Gasteiger partial charge on any atom is -0.507 e. The highest BCUT2D eigenvalue weighted by atomic mass is 16.3. The van der Waals surface area contributed by atoms with Crippen LogP contribution in [0.5, 0.6) is 5.75 Å². The lowest BCUT2D eigenvalue weighted by Crippen LogP contribution is -2.14. The quantitative estimate of drug-likeness (QED) is 0.754. The van der Waals surface area contributed by atoms with Crippen molar-refractivity contribution in [3.8, 4) is 16.9 Å². The second kappa shape index (κ2) is 4.99. The molecule has 0 amide bonds. The molecule has 2 aromatic rings. The van der Waals surface area contributed by atoms with Crippen molar-refractivity contribution in [1.29, 1.82) is 0 Å². The van der Waals surface area contributed by atoms with E-state index in [0.29, 0.717) is 5.56 Å². The van der Waals surface area contributed by atoms with E-state index < -0.39 is 6.04 Å². The van der Waals surface area contributed by atoms with Crippen LogP contribution in [0.15, 0.2) is 48.5 Å². The number of phenols is 1. The number of hydrogen-bond acceptors (Lipinski definition) is 3. The van der Waals surface area contributed by atoms with E-state index in [4.69, 9.17) is 10.8 Å². The molecule has 0 aromatic heterocycles. The molecule has 0 aliphatic rings. The Kier molecular flexibility index (Phi) is 3.42. The van der Waals surface area contributed by atoms with Gasteiger partial charge in [-0.05, 0) is 5.56 Å². The van der Waals surface area contributed by atoms with E-state index in [1.165, 1.54) is 0 Å². The number of para-hydroxylation sites is 1. The predicted molar refractivity (Wildman–Crippen MR) is 67.6 cm³/mol. The van der Waals surface area contributed by atoms with Crippen LogP contribution in [0, 0.1) is 0 Å². The third-order valence-corrected chi connectivity index (χ3v) is 2.75. The number of aliphatic hydroxyl groups excluding tert-OH is 1. The Balaban J connectivity index is 2.50. The van der Waals surface area contributed by atoms with Crippen LogP contribution in [0.4, 0.5) is 0 Å². The lowest BCUT2D eigenvalue weighted by Gasteiger charge is -2.13. The fourth-order valence-electron chi connectivity index (χ4n) is 1.81. The summed E-state index contributed by atoms with van der Waals surface area (Å²) in [6, 6.07) is 14.4. The second-order valence-electron chi connectivity index (χ2n) is 3.90. The summed E-state index contributed by atoms with van der Waals surface area (Å²) in [4.78, 5) is 0. The van der Waals surface area contributed by atoms with Gasteiger partial charge in [0.1, 0.15) is 5.75 Å². The Morgan fingerprint density at radius 1 is 1.00 bits per heavy atom. The summed E-state index contributed by atoms with van der Waals surface area (Å²) in [6.07, 6.45) is 0. The molecule has 3 heteroatoms. The zero-order valence-electron chi connectivity index (χ0n) is 9.38. The molecular weight excluding hydrogens is 214 g/mol. The largest absolute Gasteiger partial charge is 0.507 e. The number of nitrogens with two attached hydrogens (primary N) is 1. The van der Waals surface area contributed by atoms with Crippen LogP contribution in [0.3, 0.4) is 0 Å². The van der Waals surface area contributed by atoms with Gasteiger partial charge in [-0.3, -0.25) is 0 Å². The van der Waals surface area contributed by atoms with Crippen molar-refractivity contribution in [3.05, 3.63) is 54.1 Å². The number of aliphatic hydroxyl groups is 1. The van der Waals surface area contributed by atoms with Crippen molar-refractivity contribution >= 4 is 0 Å². The fourth-order valence-corrected chi connectivity index (χ4v) is 1.81. The molecule has 4 N–H and O–H groups in total. The monoisotopic (exact) mass is 229 g/mol. The Bertz CT molecular complexity index is 497. The lowest BCUT2D eigenvalue weighted by molar-refractivity contribution is 0.265. The van der Waals surface area contributed by atoms with Gasteiger partial charge in [-0.15, -0.1) is 0 Å². The Hall–Kier alpha value is -1.84. The first kappa shape index (κ1) is 11.6. The summed E-state index contributed by atoms with van der Waals surface area (Å²) in [6.45, 7) is -0.189. The summed E-state index contributed by atoms with van der Waals surface area (Å²) in [7, 11) is 0. The average Bonchev–Trinajstić information content (AvgIpc) is 2.39. The molecular formula is C14H15NO2. The van der Waals surface area contributed by atoms with Gasteiger partial charge in [0.25, 0.3) is 0 Å². The number of phenolic OH excluding ortho intramolecular Hbond substituents is 1. The molecule has 0 heterocycles. The van der Waals surface area contributed by atoms with E-state index in [2.05, 4.69) is 0 Å². The Morgan fingerprint density at radius 3 is 2.35 bits per heavy atom. The van der Waals surface area contributed by atoms with Gasteiger partial charge in [-0.2, -0.15) is 0 Å². The summed E-state index contributed by atoms with van der Waals surface area (Å²) in [5, 5.41) is 19.2. The summed E-state index contributed by atoms with van der Waals surface area (Å²) in [5.74, 6) is 0.139. The maximum absolute atomic E-state index is 10.2. The molecule has 0 spiro atoms. The molecule has 0 aliphatic heterocycles. The molecule has 0 saturated carbocycles. The van der Waals surface area contributed by atoms with Gasteiger partial charge in [0, 0.05) is 11.1 Å². The molecule has 1 atom stereocenters. The molecule has 0 bridgehead atoms. The predicted octanol–water partition coefficient (Wildman–Crippen LogP) is 2.05. The van der Waals surface area contributed by atoms with Gasteiger partial charge in [0.15, 0.2) is 0 Å². The van der Waals surface area contributed by atoms with Crippen molar-refractivity contribution < 1.29 is 10.2 Å². The zero-order valence-corrected chi connectivity index (χ0v) is 9.38. The van der Waals surface area contributed by atoms with E-state index >= 15 is 0 Å². The molecule has 0 radical (unpaired) electrons. The highest BCUT2D eigenvalue weighted by molar-refractivity contribution is 5.71. The first-order valence-electron chi connectivity index (χ1n) is 5.47. The molecule has 0 unspecified atom stereocenters. The molecule has 2 rings (SSSR count). The Morgan fingerprint density at radius 2 is 1.71 bits per heavy atom. The fraction of sp³-hybridized carbons (Fsp3) is 0.143. The van der Waals surface area contributed by atoms with Crippen molar-refractivity contribution in [3.63, 3.8) is 0 Å². The number of aromatic hydroxyl groups is 1. The number of benzene rings is 2. The molecule has 0 saturated heterocycles. The standard InChI is InChI=1S/C14H15NO2/c15-13(9-16)12-8-4-7-11(14(12)17)10-5-2-1-3-6-10/h1-8,13,16-17H,9,15H2/t13-/m0/s1. The molecule has 17 heavy (non-hydrogen) atoms. The second-order valence-corrected chi connectivity index (χ2v) is 3.90. The van der Waals surface area contributed by atoms with Crippen LogP contribution < -0.4 is 5.73 Å². The normalized spacial score (nSPS) is 12.4. The van der Waals surface area contributed by atoms with Crippen molar-refractivity contribution in [2.45, 2.75) is 6.04 Å². The maximum atomic E-state index is 10.2. The molecule has 0 aliphatic carbocycles. The van der Waals surface area contributed by atoms with E-state index in [1.54, 1.807) is 6.07 Å². The van der Waals surface area contributed by atoms with Crippen LogP contribution >= 0.6 is 0 Å². The number of hydrogen-bond donors (Lipinski definition) is 3. The van der Waals surface area contributed by atoms with Gasteiger partial charge in [-0.1, -0.05) is 48.5 Å². The summed E-state index contributed by atoms with van der Waals surface area (Å²) < 4.78 is 0. The lowest BCUT2D eigenvalue weighted by atomic mass is 9.98. The van der Waals surface area contributed by atoms with E-state index in [-0.39, 0.29) is 12.4 Å².